The number of rotatable bonds is 7. The van der Waals surface area contributed by atoms with Crippen LogP contribution in [0, 0.1) is 0 Å². The molecule has 0 fully saturated rings. The first-order chi connectivity index (χ1) is 12.3. The van der Waals surface area contributed by atoms with E-state index in [9.17, 15) is 23.5 Å². The van der Waals surface area contributed by atoms with Crippen molar-refractivity contribution in [2.75, 3.05) is 7.11 Å². The summed E-state index contributed by atoms with van der Waals surface area (Å²) in [6.45, 7) is -1.60. The molecule has 1 N–H and O–H groups in total. The van der Waals surface area contributed by atoms with Crippen LogP contribution in [-0.4, -0.2) is 36.7 Å². The Morgan fingerprint density at radius 1 is 1.04 bits per heavy atom. The van der Waals surface area contributed by atoms with Gasteiger partial charge >= 0.3 is 12.6 Å². The number of ether oxygens (including phenoxy) is 3. The molecule has 0 heterocycles. The van der Waals surface area contributed by atoms with Crippen LogP contribution >= 0.6 is 0 Å². The summed E-state index contributed by atoms with van der Waals surface area (Å²) < 4.78 is 38.5. The van der Waals surface area contributed by atoms with Crippen molar-refractivity contribution in [1.29, 1.82) is 0 Å². The maximum atomic E-state index is 12.3. The Labute approximate surface area is 147 Å². The number of alkyl halides is 2. The van der Waals surface area contributed by atoms with Crippen LogP contribution in [0.2, 0.25) is 0 Å². The topological polar surface area (TPSA) is 82.1 Å². The van der Waals surface area contributed by atoms with Crippen molar-refractivity contribution in [1.82, 2.24) is 0 Å². The smallest absolute Gasteiger partial charge is 0.387 e. The van der Waals surface area contributed by atoms with Gasteiger partial charge in [-0.15, -0.1) is 0 Å². The number of methoxy groups -OCH3 is 1. The zero-order valence-corrected chi connectivity index (χ0v) is 13.9. The Morgan fingerprint density at radius 3 is 2.23 bits per heavy atom. The maximum absolute atomic E-state index is 12.3. The number of hydrogen-bond acceptors (Lipinski definition) is 6. The highest BCUT2D eigenvalue weighted by molar-refractivity contribution is 6.02. The van der Waals surface area contributed by atoms with E-state index in [-0.39, 0.29) is 22.6 Å². The summed E-state index contributed by atoms with van der Waals surface area (Å²) in [5.41, 5.74) is 0.00598. The monoisotopic (exact) mass is 366 g/mol. The van der Waals surface area contributed by atoms with Crippen molar-refractivity contribution in [2.45, 2.75) is 19.6 Å². The number of carbonyl (C=O) groups excluding carboxylic acids is 2. The van der Waals surface area contributed by atoms with Crippen molar-refractivity contribution < 1.29 is 37.7 Å². The molecule has 0 unspecified atom stereocenters. The van der Waals surface area contributed by atoms with Crippen LogP contribution in [0.1, 0.15) is 27.6 Å². The van der Waals surface area contributed by atoms with E-state index < -0.39 is 24.5 Å². The molecule has 0 saturated heterocycles. The number of aromatic hydroxyl groups is 1. The minimum Gasteiger partial charge on any atom is -0.507 e. The van der Waals surface area contributed by atoms with E-state index in [1.165, 1.54) is 56.5 Å². The summed E-state index contributed by atoms with van der Waals surface area (Å²) in [4.78, 5) is 24.5. The number of phenolic OH excluding ortho intramolecular Hbond substituents is 1. The van der Waals surface area contributed by atoms with Gasteiger partial charge in [-0.3, -0.25) is 4.79 Å². The lowest BCUT2D eigenvalue weighted by molar-refractivity contribution is -0.0498. The Hall–Kier alpha value is -3.16. The van der Waals surface area contributed by atoms with Gasteiger partial charge in [0.15, 0.2) is 6.10 Å². The van der Waals surface area contributed by atoms with Crippen LogP contribution in [0.4, 0.5) is 8.78 Å². The number of phenols is 1. The number of Topliss-reactive ketones (excluding diaryl/α,β-unsaturated/α-hetero) is 1. The van der Waals surface area contributed by atoms with E-state index in [1.54, 1.807) is 0 Å². The van der Waals surface area contributed by atoms with Gasteiger partial charge in [0, 0.05) is 5.56 Å². The van der Waals surface area contributed by atoms with Gasteiger partial charge in [-0.05, 0) is 49.4 Å². The summed E-state index contributed by atoms with van der Waals surface area (Å²) in [6.07, 6.45) is -1.16. The summed E-state index contributed by atoms with van der Waals surface area (Å²) in [5, 5.41) is 9.76. The normalized spacial score (nSPS) is 11.7. The molecule has 2 aromatic rings. The highest BCUT2D eigenvalue weighted by Crippen LogP contribution is 2.24. The third-order valence-electron chi connectivity index (χ3n) is 3.44. The van der Waals surface area contributed by atoms with Crippen LogP contribution in [0.3, 0.4) is 0 Å². The second-order valence-corrected chi connectivity index (χ2v) is 5.20. The summed E-state index contributed by atoms with van der Waals surface area (Å²) in [7, 11) is 1.40. The second kappa shape index (κ2) is 8.28. The number of esters is 1. The van der Waals surface area contributed by atoms with Crippen LogP contribution in [0.5, 0.6) is 17.2 Å². The Balaban J connectivity index is 2.08. The molecule has 2 rings (SSSR count). The largest absolute Gasteiger partial charge is 0.507 e. The lowest BCUT2D eigenvalue weighted by Crippen LogP contribution is -2.24. The molecule has 0 aliphatic heterocycles. The minimum atomic E-state index is -2.97. The standard InChI is InChI=1S/C18H16F2O6/c1-10(16(22)11-3-5-12(6-4-11)26-18(19)20)25-17(23)14-9-13(24-2)7-8-15(14)21/h3-10,18,21H,1-2H3/t10-/m0/s1. The molecule has 138 valence electrons. The van der Waals surface area contributed by atoms with Crippen LogP contribution < -0.4 is 9.47 Å². The van der Waals surface area contributed by atoms with Crippen LogP contribution in [-0.2, 0) is 4.74 Å². The van der Waals surface area contributed by atoms with E-state index in [4.69, 9.17) is 9.47 Å². The SMILES string of the molecule is COc1ccc(O)c(C(=O)O[C@@H](C)C(=O)c2ccc(OC(F)F)cc2)c1. The van der Waals surface area contributed by atoms with Gasteiger partial charge < -0.3 is 19.3 Å². The maximum Gasteiger partial charge on any atom is 0.387 e. The van der Waals surface area contributed by atoms with Crippen molar-refractivity contribution in [3.63, 3.8) is 0 Å². The fourth-order valence-corrected chi connectivity index (χ4v) is 2.12. The summed E-state index contributed by atoms with van der Waals surface area (Å²) in [6, 6.07) is 9.00. The Bertz CT molecular complexity index is 789. The first-order valence-corrected chi connectivity index (χ1v) is 7.49. The van der Waals surface area contributed by atoms with Crippen LogP contribution in [0.25, 0.3) is 0 Å². The van der Waals surface area contributed by atoms with E-state index in [2.05, 4.69) is 4.74 Å². The summed E-state index contributed by atoms with van der Waals surface area (Å²) in [5.74, 6) is -1.51. The van der Waals surface area contributed by atoms with E-state index >= 15 is 0 Å². The van der Waals surface area contributed by atoms with Gasteiger partial charge in [-0.25, -0.2) is 4.79 Å². The van der Waals surface area contributed by atoms with Gasteiger partial charge in [-0.2, -0.15) is 8.78 Å². The first-order valence-electron chi connectivity index (χ1n) is 7.49. The lowest BCUT2D eigenvalue weighted by atomic mass is 10.1. The van der Waals surface area contributed by atoms with Gasteiger partial charge in [0.1, 0.15) is 22.8 Å². The predicted molar refractivity (Wildman–Crippen MR) is 86.9 cm³/mol. The average Bonchev–Trinajstić information content (AvgIpc) is 2.61. The van der Waals surface area contributed by atoms with Gasteiger partial charge in [-0.1, -0.05) is 0 Å². The van der Waals surface area contributed by atoms with Gasteiger partial charge in [0.25, 0.3) is 0 Å². The Kier molecular flexibility index (Phi) is 6.11. The fourth-order valence-electron chi connectivity index (χ4n) is 2.12. The molecule has 0 aromatic heterocycles. The molecule has 0 spiro atoms. The number of ketones is 1. The molecule has 0 bridgehead atoms. The number of benzene rings is 2. The zero-order chi connectivity index (χ0) is 19.3. The predicted octanol–water partition coefficient (Wildman–Crippen LogP) is 3.43. The zero-order valence-electron chi connectivity index (χ0n) is 13.9. The molecular weight excluding hydrogens is 350 g/mol. The van der Waals surface area contributed by atoms with E-state index in [0.717, 1.165) is 0 Å². The Morgan fingerprint density at radius 2 is 1.65 bits per heavy atom. The fraction of sp³-hybridized carbons (Fsp3) is 0.222. The van der Waals surface area contributed by atoms with Crippen molar-refractivity contribution >= 4 is 11.8 Å². The van der Waals surface area contributed by atoms with Gasteiger partial charge in [0.2, 0.25) is 5.78 Å². The molecule has 6 nitrogen and oxygen atoms in total. The highest BCUT2D eigenvalue weighted by Gasteiger charge is 2.22. The van der Waals surface area contributed by atoms with Gasteiger partial charge in [0.05, 0.1) is 7.11 Å². The number of halogens is 2. The average molecular weight is 366 g/mol. The molecule has 0 saturated carbocycles. The van der Waals surface area contributed by atoms with Crippen molar-refractivity contribution in [2.24, 2.45) is 0 Å². The van der Waals surface area contributed by atoms with Crippen molar-refractivity contribution in [3.05, 3.63) is 53.6 Å². The third kappa shape index (κ3) is 4.69. The van der Waals surface area contributed by atoms with E-state index in [1.807, 2.05) is 0 Å². The first kappa shape index (κ1) is 19.2. The lowest BCUT2D eigenvalue weighted by Gasteiger charge is -2.14. The molecule has 0 amide bonds. The molecule has 1 atom stereocenters. The quantitative estimate of drug-likeness (QED) is 0.597. The van der Waals surface area contributed by atoms with Crippen LogP contribution in [0.15, 0.2) is 42.5 Å². The molecule has 26 heavy (non-hydrogen) atoms. The van der Waals surface area contributed by atoms with Crippen molar-refractivity contribution in [3.8, 4) is 17.2 Å². The highest BCUT2D eigenvalue weighted by atomic mass is 19.3. The number of carbonyl (C=O) groups is 2. The molecule has 0 radical (unpaired) electrons. The second-order valence-electron chi connectivity index (χ2n) is 5.20. The summed E-state index contributed by atoms with van der Waals surface area (Å²) >= 11 is 0. The molecule has 0 aliphatic rings. The molecule has 2 aromatic carbocycles. The third-order valence-corrected chi connectivity index (χ3v) is 3.44. The number of hydrogen-bond donors (Lipinski definition) is 1. The minimum absolute atomic E-state index is 0.0949. The molecule has 0 aliphatic carbocycles. The van der Waals surface area contributed by atoms with E-state index in [0.29, 0.717) is 5.75 Å². The molecule has 8 heteroatoms. The molecular formula is C18H16F2O6.